The van der Waals surface area contributed by atoms with Crippen LogP contribution in [-0.4, -0.2) is 66.8 Å². The zero-order chi connectivity index (χ0) is 34.0. The molecule has 0 amide bonds. The highest BCUT2D eigenvalue weighted by molar-refractivity contribution is 7.86. The standard InChI is InChI=1S/C32H35Cl2N3O7S3.ClH/c1-23-18-28(37(14-4-16-43-46(2,38)39)15-5-17-44-47(3,40)41)12-8-25(23)20-35-27-10-6-24(7-11-27)30-22-45-32(36-30)21-42-31-13-9-26(33)19-29(31)34;/h6-13,18-20,22H,4-5,14-17,21H2,1-3H3;1H. The molecule has 0 fully saturated rings. The zero-order valence-electron chi connectivity index (χ0n) is 26.5. The molecule has 0 bridgehead atoms. The molecule has 0 N–H and O–H groups in total. The number of aryl methyl sites for hydroxylation is 1. The minimum atomic E-state index is -3.53. The highest BCUT2D eigenvalue weighted by Crippen LogP contribution is 2.30. The SMILES string of the molecule is Cc1cc(N(CCCOS(C)(=O)=O)CCCOS(C)(=O)=O)ccc1C=Nc1ccc(-c2csc(COc3ccc(Cl)cc3Cl)n2)cc1.Cl. The maximum atomic E-state index is 11.3. The van der Waals surface area contributed by atoms with Crippen molar-refractivity contribution in [3.8, 4) is 17.0 Å². The molecule has 0 aliphatic rings. The lowest BCUT2D eigenvalue weighted by molar-refractivity contribution is 0.306. The van der Waals surface area contributed by atoms with Crippen LogP contribution in [0.4, 0.5) is 11.4 Å². The fourth-order valence-electron chi connectivity index (χ4n) is 4.41. The first-order chi connectivity index (χ1) is 22.3. The molecule has 4 rings (SSSR count). The molecule has 0 spiro atoms. The van der Waals surface area contributed by atoms with E-state index in [1.807, 2.05) is 59.7 Å². The van der Waals surface area contributed by atoms with Crippen molar-refractivity contribution in [2.75, 3.05) is 43.7 Å². The average molecular weight is 777 g/mol. The number of benzene rings is 3. The molecule has 0 radical (unpaired) electrons. The largest absolute Gasteiger partial charge is 0.485 e. The van der Waals surface area contributed by atoms with Gasteiger partial charge in [0.05, 0.1) is 42.1 Å². The van der Waals surface area contributed by atoms with Crippen molar-refractivity contribution in [3.63, 3.8) is 0 Å². The second-order valence-electron chi connectivity index (χ2n) is 10.6. The van der Waals surface area contributed by atoms with E-state index in [2.05, 4.69) is 9.98 Å². The van der Waals surface area contributed by atoms with Crippen molar-refractivity contribution in [2.45, 2.75) is 26.4 Å². The molecule has 16 heteroatoms. The van der Waals surface area contributed by atoms with Gasteiger partial charge < -0.3 is 9.64 Å². The summed E-state index contributed by atoms with van der Waals surface area (Å²) in [6.07, 6.45) is 4.76. The van der Waals surface area contributed by atoms with Gasteiger partial charge in [0.1, 0.15) is 17.4 Å². The minimum Gasteiger partial charge on any atom is -0.485 e. The van der Waals surface area contributed by atoms with E-state index in [9.17, 15) is 16.8 Å². The first-order valence-corrected chi connectivity index (χ1v) is 19.7. The molecule has 1 heterocycles. The summed E-state index contributed by atoms with van der Waals surface area (Å²) in [5.41, 5.74) is 5.42. The van der Waals surface area contributed by atoms with Gasteiger partial charge in [-0.1, -0.05) is 41.4 Å². The van der Waals surface area contributed by atoms with Gasteiger partial charge in [-0.3, -0.25) is 13.4 Å². The second kappa shape index (κ2) is 18.3. The van der Waals surface area contributed by atoms with Crippen molar-refractivity contribution < 1.29 is 29.9 Å². The second-order valence-corrected chi connectivity index (χ2v) is 15.7. The summed E-state index contributed by atoms with van der Waals surface area (Å²) in [4.78, 5) is 11.4. The smallest absolute Gasteiger partial charge is 0.264 e. The van der Waals surface area contributed by atoms with Gasteiger partial charge >= 0.3 is 0 Å². The summed E-state index contributed by atoms with van der Waals surface area (Å²) in [6.45, 7) is 3.40. The van der Waals surface area contributed by atoms with Crippen LogP contribution in [0.1, 0.15) is 29.0 Å². The van der Waals surface area contributed by atoms with Crippen LogP contribution >= 0.6 is 46.9 Å². The van der Waals surface area contributed by atoms with Crippen LogP contribution < -0.4 is 9.64 Å². The van der Waals surface area contributed by atoms with E-state index in [4.69, 9.17) is 36.3 Å². The Morgan fingerprint density at radius 1 is 0.896 bits per heavy atom. The number of halogens is 3. The van der Waals surface area contributed by atoms with Crippen molar-refractivity contribution in [1.82, 2.24) is 4.98 Å². The van der Waals surface area contributed by atoms with E-state index in [0.29, 0.717) is 48.3 Å². The monoisotopic (exact) mass is 775 g/mol. The van der Waals surface area contributed by atoms with E-state index in [0.717, 1.165) is 51.3 Å². The summed E-state index contributed by atoms with van der Waals surface area (Å²) in [5.74, 6) is 0.548. The highest BCUT2D eigenvalue weighted by Gasteiger charge is 2.12. The summed E-state index contributed by atoms with van der Waals surface area (Å²) in [6, 6.07) is 18.8. The van der Waals surface area contributed by atoms with Gasteiger partial charge in [0.25, 0.3) is 20.2 Å². The molecule has 0 aliphatic heterocycles. The van der Waals surface area contributed by atoms with E-state index >= 15 is 0 Å². The Balaban J connectivity index is 0.00000625. The van der Waals surface area contributed by atoms with Crippen molar-refractivity contribution in [1.29, 1.82) is 0 Å². The average Bonchev–Trinajstić information content (AvgIpc) is 3.47. The third-order valence-electron chi connectivity index (χ3n) is 6.67. The summed E-state index contributed by atoms with van der Waals surface area (Å²) >= 11 is 13.6. The number of ether oxygens (including phenoxy) is 1. The lowest BCUT2D eigenvalue weighted by Gasteiger charge is -2.25. The molecule has 0 aliphatic carbocycles. The van der Waals surface area contributed by atoms with Gasteiger partial charge in [0.2, 0.25) is 0 Å². The number of nitrogens with zero attached hydrogens (tertiary/aromatic N) is 3. The van der Waals surface area contributed by atoms with Crippen LogP contribution in [0.3, 0.4) is 0 Å². The number of hydrogen-bond acceptors (Lipinski definition) is 11. The predicted octanol–water partition coefficient (Wildman–Crippen LogP) is 7.72. The fraction of sp³-hybridized carbons (Fsp3) is 0.312. The normalized spacial score (nSPS) is 11.9. The first-order valence-electron chi connectivity index (χ1n) is 14.5. The van der Waals surface area contributed by atoms with Gasteiger partial charge in [-0.25, -0.2) is 4.98 Å². The number of aliphatic imine (C=N–C) groups is 1. The number of thiazole rings is 1. The molecule has 0 saturated heterocycles. The number of rotatable bonds is 17. The quantitative estimate of drug-likeness (QED) is 0.0603. The number of hydrogen-bond donors (Lipinski definition) is 0. The lowest BCUT2D eigenvalue weighted by Crippen LogP contribution is -2.28. The Labute approximate surface area is 302 Å². The van der Waals surface area contributed by atoms with Gasteiger partial charge in [-0.2, -0.15) is 16.8 Å². The summed E-state index contributed by atoms with van der Waals surface area (Å²) in [7, 11) is -7.06. The minimum absolute atomic E-state index is 0. The van der Waals surface area contributed by atoms with Crippen LogP contribution in [0.2, 0.25) is 10.0 Å². The Hall–Kier alpha value is -2.75. The Morgan fingerprint density at radius 3 is 2.12 bits per heavy atom. The van der Waals surface area contributed by atoms with Crippen molar-refractivity contribution in [3.05, 3.63) is 92.2 Å². The van der Waals surface area contributed by atoms with Gasteiger partial charge in [0.15, 0.2) is 0 Å². The summed E-state index contributed by atoms with van der Waals surface area (Å²) < 4.78 is 60.9. The molecule has 3 aromatic carbocycles. The van der Waals surface area contributed by atoms with E-state index in [1.54, 1.807) is 24.4 Å². The van der Waals surface area contributed by atoms with E-state index < -0.39 is 20.2 Å². The molecular formula is C32H36Cl3N3O7S3. The number of anilines is 1. The van der Waals surface area contributed by atoms with Crippen LogP contribution in [0.25, 0.3) is 11.3 Å². The van der Waals surface area contributed by atoms with E-state index in [-0.39, 0.29) is 25.6 Å². The lowest BCUT2D eigenvalue weighted by atomic mass is 10.1. The third-order valence-corrected chi connectivity index (χ3v) is 9.21. The molecule has 1 aromatic heterocycles. The van der Waals surface area contributed by atoms with Gasteiger partial charge in [-0.15, -0.1) is 23.7 Å². The molecule has 0 atom stereocenters. The Bertz CT molecular complexity index is 1860. The third kappa shape index (κ3) is 13.3. The van der Waals surface area contributed by atoms with Crippen LogP contribution in [-0.2, 0) is 35.2 Å². The van der Waals surface area contributed by atoms with E-state index in [1.165, 1.54) is 11.3 Å². The van der Waals surface area contributed by atoms with Crippen molar-refractivity contribution in [2.24, 2.45) is 4.99 Å². The molecule has 10 nitrogen and oxygen atoms in total. The zero-order valence-corrected chi connectivity index (χ0v) is 31.2. The van der Waals surface area contributed by atoms with Crippen LogP contribution in [0.5, 0.6) is 5.75 Å². The first kappa shape index (κ1) is 39.7. The predicted molar refractivity (Wildman–Crippen MR) is 197 cm³/mol. The maximum Gasteiger partial charge on any atom is 0.264 e. The molecule has 0 saturated carbocycles. The molecule has 48 heavy (non-hydrogen) atoms. The molecule has 4 aromatic rings. The number of aromatic nitrogens is 1. The Morgan fingerprint density at radius 2 is 1.54 bits per heavy atom. The van der Waals surface area contributed by atoms with Crippen LogP contribution in [0.15, 0.2) is 71.0 Å². The van der Waals surface area contributed by atoms with Crippen molar-refractivity contribution >= 4 is 84.8 Å². The summed E-state index contributed by atoms with van der Waals surface area (Å²) in [5, 5.41) is 3.78. The van der Waals surface area contributed by atoms with Gasteiger partial charge in [-0.05, 0) is 73.4 Å². The molecular weight excluding hydrogens is 741 g/mol. The fourth-order valence-corrected chi connectivity index (χ4v) is 6.43. The van der Waals surface area contributed by atoms with Crippen LogP contribution in [0, 0.1) is 6.92 Å². The maximum absolute atomic E-state index is 11.3. The molecule has 260 valence electrons. The van der Waals surface area contributed by atoms with Gasteiger partial charge in [0, 0.05) is 41.0 Å². The topological polar surface area (TPSA) is 124 Å². The Kier molecular flexibility index (Phi) is 15.1. The highest BCUT2D eigenvalue weighted by atomic mass is 35.5. The molecule has 0 unspecified atom stereocenters.